The minimum atomic E-state index is -0.385. The minimum absolute atomic E-state index is 0. The van der Waals surface area contributed by atoms with Crippen molar-refractivity contribution in [3.8, 4) is 23.0 Å². The van der Waals surface area contributed by atoms with Gasteiger partial charge in [-0.2, -0.15) is 5.10 Å². The lowest BCUT2D eigenvalue weighted by molar-refractivity contribution is 0.0606. The number of anilines is 2. The number of rotatable bonds is 5. The number of nitrogens with one attached hydrogen (secondary N) is 2. The van der Waals surface area contributed by atoms with Gasteiger partial charge in [-0.25, -0.2) is 14.8 Å². The first-order chi connectivity index (χ1) is 12.7. The maximum absolute atomic E-state index is 11.6. The third-order valence-corrected chi connectivity index (χ3v) is 5.08. The van der Waals surface area contributed by atoms with E-state index >= 15 is 0 Å². The number of terminal acetylenes is 1. The Bertz CT molecular complexity index is 1020. The normalized spacial score (nSPS) is 13.2. The van der Waals surface area contributed by atoms with Crippen LogP contribution >= 0.6 is 11.3 Å². The Morgan fingerprint density at radius 1 is 1.50 bits per heavy atom. The van der Waals surface area contributed by atoms with Crippen molar-refractivity contribution >= 4 is 28.9 Å². The molecular weight excluding hydrogens is 350 g/mol. The molecule has 1 aliphatic carbocycles. The summed E-state index contributed by atoms with van der Waals surface area (Å²) < 4.78 is 4.73. The number of methoxy groups -OCH3 is 1. The average Bonchev–Trinajstić information content (AvgIpc) is 3.21. The van der Waals surface area contributed by atoms with Crippen molar-refractivity contribution in [2.45, 2.75) is 18.8 Å². The van der Waals surface area contributed by atoms with Gasteiger partial charge >= 0.3 is 5.97 Å². The van der Waals surface area contributed by atoms with Crippen LogP contribution in [-0.2, 0) is 4.74 Å². The molecule has 26 heavy (non-hydrogen) atoms. The van der Waals surface area contributed by atoms with Gasteiger partial charge < -0.3 is 10.1 Å². The molecule has 0 spiro atoms. The number of H-pyrrole nitrogens is 1. The van der Waals surface area contributed by atoms with Gasteiger partial charge in [0.2, 0.25) is 0 Å². The summed E-state index contributed by atoms with van der Waals surface area (Å²) in [6.45, 7) is 0. The van der Waals surface area contributed by atoms with Crippen LogP contribution in [-0.4, -0.2) is 33.2 Å². The number of carbonyl (C=O) groups excluding carboxylic acids is 1. The molecule has 0 atom stereocenters. The molecule has 2 N–H and O–H groups in total. The lowest BCUT2D eigenvalue weighted by atomic mass is 10.3. The molecule has 1 saturated carbocycles. The molecule has 0 bridgehead atoms. The summed E-state index contributed by atoms with van der Waals surface area (Å²) in [5, 5.41) is 10.5. The molecule has 3 heterocycles. The first-order valence-corrected chi connectivity index (χ1v) is 8.84. The van der Waals surface area contributed by atoms with Gasteiger partial charge in [0.15, 0.2) is 17.5 Å². The molecule has 0 unspecified atom stereocenters. The third kappa shape index (κ3) is 3.17. The van der Waals surface area contributed by atoms with Crippen molar-refractivity contribution in [2.24, 2.45) is 0 Å². The van der Waals surface area contributed by atoms with E-state index in [4.69, 9.17) is 11.2 Å². The fraction of sp³-hybridized carbons (Fsp3) is 0.222. The first-order valence-electron chi connectivity index (χ1n) is 8.02. The van der Waals surface area contributed by atoms with E-state index in [0.717, 1.165) is 10.6 Å². The van der Waals surface area contributed by atoms with Crippen LogP contribution in [0, 0.1) is 12.3 Å². The van der Waals surface area contributed by atoms with Gasteiger partial charge in [-0.1, -0.05) is 5.92 Å². The lowest BCUT2D eigenvalue weighted by Gasteiger charge is -2.06. The Balaban J connectivity index is 0.00000140. The van der Waals surface area contributed by atoms with E-state index in [1.165, 1.54) is 31.3 Å². The summed E-state index contributed by atoms with van der Waals surface area (Å²) in [5.74, 6) is 4.40. The lowest BCUT2D eigenvalue weighted by Crippen LogP contribution is -2.00. The number of nitrogens with zero attached hydrogens (tertiary/aromatic N) is 3. The number of hydrogen-bond acceptors (Lipinski definition) is 7. The highest BCUT2D eigenvalue weighted by molar-refractivity contribution is 7.17. The molecule has 0 radical (unpaired) electrons. The smallest absolute Gasteiger partial charge is 0.348 e. The number of carbonyl (C=O) groups is 1. The Kier molecular flexibility index (Phi) is 4.14. The zero-order chi connectivity index (χ0) is 18.1. The number of esters is 1. The summed E-state index contributed by atoms with van der Waals surface area (Å²) >= 11 is 1.26. The average molecular weight is 369 g/mol. The Morgan fingerprint density at radius 2 is 2.35 bits per heavy atom. The van der Waals surface area contributed by atoms with Crippen LogP contribution in [0.1, 0.15) is 42.5 Å². The van der Waals surface area contributed by atoms with E-state index in [2.05, 4.69) is 31.4 Å². The second-order valence-corrected chi connectivity index (χ2v) is 6.95. The summed E-state index contributed by atoms with van der Waals surface area (Å²) in [6, 6.07) is 5.44. The zero-order valence-electron chi connectivity index (χ0n) is 13.9. The molecule has 0 amide bonds. The van der Waals surface area contributed by atoms with Gasteiger partial charge in [0.25, 0.3) is 0 Å². The van der Waals surface area contributed by atoms with Crippen LogP contribution in [0.4, 0.5) is 11.6 Å². The predicted octanol–water partition coefficient (Wildman–Crippen LogP) is 3.81. The van der Waals surface area contributed by atoms with E-state index in [1.54, 1.807) is 18.3 Å². The summed E-state index contributed by atoms with van der Waals surface area (Å²) in [5.41, 5.74) is 1.65. The predicted molar refractivity (Wildman–Crippen MR) is 103 cm³/mol. The summed E-state index contributed by atoms with van der Waals surface area (Å²) in [7, 11) is 1.35. The zero-order valence-corrected chi connectivity index (χ0v) is 14.8. The molecule has 1 aliphatic rings. The van der Waals surface area contributed by atoms with Gasteiger partial charge in [-0.15, -0.1) is 17.8 Å². The van der Waals surface area contributed by atoms with Crippen LogP contribution < -0.4 is 5.32 Å². The molecular formula is C18H19N5O2S. The van der Waals surface area contributed by atoms with E-state index in [9.17, 15) is 4.79 Å². The summed E-state index contributed by atoms with van der Waals surface area (Å²) in [4.78, 5) is 21.7. The molecule has 0 aliphatic heterocycles. The largest absolute Gasteiger partial charge is 0.465 e. The fourth-order valence-corrected chi connectivity index (χ4v) is 3.36. The maximum Gasteiger partial charge on any atom is 0.348 e. The Morgan fingerprint density at radius 3 is 3.08 bits per heavy atom. The second-order valence-electron chi connectivity index (χ2n) is 5.86. The van der Waals surface area contributed by atoms with Crippen LogP contribution in [0.5, 0.6) is 0 Å². The number of hydrogen-bond donors (Lipinski definition) is 2. The van der Waals surface area contributed by atoms with E-state index in [1.807, 2.05) is 6.07 Å². The molecule has 1 fully saturated rings. The van der Waals surface area contributed by atoms with Crippen molar-refractivity contribution in [1.82, 2.24) is 20.2 Å². The topological polar surface area (TPSA) is 92.8 Å². The molecule has 8 heteroatoms. The van der Waals surface area contributed by atoms with Gasteiger partial charge in [-0.05, 0) is 25.0 Å². The number of thiophene rings is 1. The second kappa shape index (κ2) is 6.61. The SMILES string of the molecule is C#Cc1cnc(-c2ccc(C(=O)OC)s2)nc1Nc1cc(C2CC2)[nH]n1.[HH].[HH]. The van der Waals surface area contributed by atoms with Crippen molar-refractivity contribution in [3.63, 3.8) is 0 Å². The van der Waals surface area contributed by atoms with Gasteiger partial charge in [0.1, 0.15) is 4.88 Å². The monoisotopic (exact) mass is 369 g/mol. The molecule has 4 rings (SSSR count). The van der Waals surface area contributed by atoms with Crippen LogP contribution in [0.3, 0.4) is 0 Å². The Hall–Kier alpha value is -3.18. The fourth-order valence-electron chi connectivity index (χ4n) is 2.50. The molecule has 0 saturated heterocycles. The molecule has 134 valence electrons. The first kappa shape index (κ1) is 16.3. The molecule has 3 aromatic rings. The highest BCUT2D eigenvalue weighted by atomic mass is 32.1. The number of aromatic nitrogens is 4. The molecule has 3 aromatic heterocycles. The van der Waals surface area contributed by atoms with Crippen LogP contribution in [0.2, 0.25) is 0 Å². The number of aromatic amines is 1. The van der Waals surface area contributed by atoms with Crippen molar-refractivity contribution in [1.29, 1.82) is 0 Å². The van der Waals surface area contributed by atoms with Gasteiger partial charge in [0, 0.05) is 26.7 Å². The van der Waals surface area contributed by atoms with Crippen molar-refractivity contribution in [3.05, 3.63) is 40.5 Å². The maximum atomic E-state index is 11.6. The minimum Gasteiger partial charge on any atom is -0.465 e. The number of ether oxygens (including phenoxy) is 1. The standard InChI is InChI=1S/C18H15N5O2S.2H2/c1-3-10-9-19-17(13-6-7-14(26-13)18(24)25-2)21-16(10)20-15-8-12(22-23-15)11-4-5-11;;/h1,6-9,11H,4-5H2,2H3,(H2,19,20,21,22,23);2*1H. The van der Waals surface area contributed by atoms with Crippen molar-refractivity contribution < 1.29 is 12.4 Å². The van der Waals surface area contributed by atoms with Crippen molar-refractivity contribution in [2.75, 3.05) is 12.4 Å². The van der Waals surface area contributed by atoms with E-state index < -0.39 is 0 Å². The van der Waals surface area contributed by atoms with Crippen LogP contribution in [0.15, 0.2) is 24.4 Å². The van der Waals surface area contributed by atoms with E-state index in [0.29, 0.717) is 33.8 Å². The van der Waals surface area contributed by atoms with Gasteiger partial charge in [0.05, 0.1) is 17.6 Å². The summed E-state index contributed by atoms with van der Waals surface area (Å²) in [6.07, 6.45) is 9.52. The molecule has 0 aromatic carbocycles. The van der Waals surface area contributed by atoms with Gasteiger partial charge in [-0.3, -0.25) is 5.10 Å². The third-order valence-electron chi connectivity index (χ3n) is 4.02. The quantitative estimate of drug-likeness (QED) is 0.525. The highest BCUT2D eigenvalue weighted by Gasteiger charge is 2.25. The molecule has 7 nitrogen and oxygen atoms in total. The highest BCUT2D eigenvalue weighted by Crippen LogP contribution is 2.39. The van der Waals surface area contributed by atoms with Crippen LogP contribution in [0.25, 0.3) is 10.7 Å². The Labute approximate surface area is 156 Å². The van der Waals surface area contributed by atoms with E-state index in [-0.39, 0.29) is 8.82 Å².